The summed E-state index contributed by atoms with van der Waals surface area (Å²) in [6, 6.07) is 5.44. The van der Waals surface area contributed by atoms with E-state index in [2.05, 4.69) is 10.6 Å². The molecule has 0 aromatic heterocycles. The molecule has 0 aliphatic carbocycles. The molecule has 0 bridgehead atoms. The summed E-state index contributed by atoms with van der Waals surface area (Å²) < 4.78 is 32.1. The van der Waals surface area contributed by atoms with Gasteiger partial charge in [-0.15, -0.1) is 0 Å². The van der Waals surface area contributed by atoms with E-state index in [4.69, 9.17) is 4.74 Å². The third kappa shape index (κ3) is 6.26. The van der Waals surface area contributed by atoms with Gasteiger partial charge in [-0.2, -0.15) is 4.31 Å². The second kappa shape index (κ2) is 10.4. The van der Waals surface area contributed by atoms with E-state index < -0.39 is 34.5 Å². The Hall–Kier alpha value is -2.46. The molecule has 1 saturated heterocycles. The maximum Gasteiger partial charge on any atom is 0.324 e. The van der Waals surface area contributed by atoms with Gasteiger partial charge >= 0.3 is 5.97 Å². The highest BCUT2D eigenvalue weighted by atomic mass is 32.2. The molecule has 1 heterocycles. The molecule has 29 heavy (non-hydrogen) atoms. The van der Waals surface area contributed by atoms with Crippen molar-refractivity contribution < 1.29 is 27.5 Å². The van der Waals surface area contributed by atoms with Gasteiger partial charge in [0.1, 0.15) is 6.04 Å². The monoisotopic (exact) mass is 425 g/mol. The van der Waals surface area contributed by atoms with Crippen molar-refractivity contribution in [3.05, 3.63) is 29.8 Å². The van der Waals surface area contributed by atoms with E-state index in [1.807, 2.05) is 6.92 Å². The highest BCUT2D eigenvalue weighted by Crippen LogP contribution is 2.26. The number of sulfonamides is 1. The largest absolute Gasteiger partial charge is 0.454 e. The molecule has 0 spiro atoms. The number of likely N-dealkylation sites (N-methyl/N-ethyl adjacent to an activating group) is 1. The predicted molar refractivity (Wildman–Crippen MR) is 105 cm³/mol. The molecule has 1 aliphatic heterocycles. The van der Waals surface area contributed by atoms with Crippen molar-refractivity contribution in [1.82, 2.24) is 14.9 Å². The Morgan fingerprint density at radius 1 is 1.10 bits per heavy atom. The highest BCUT2D eigenvalue weighted by Gasteiger charge is 2.38. The van der Waals surface area contributed by atoms with Crippen LogP contribution in [0, 0.1) is 6.92 Å². The van der Waals surface area contributed by atoms with Crippen LogP contribution >= 0.6 is 0 Å². The summed E-state index contributed by atoms with van der Waals surface area (Å²) in [6.45, 7) is 3.46. The van der Waals surface area contributed by atoms with Gasteiger partial charge in [-0.05, 0) is 45.2 Å². The van der Waals surface area contributed by atoms with E-state index in [1.165, 1.54) is 12.1 Å². The molecule has 0 saturated carbocycles. The molecule has 10 heteroatoms. The maximum absolute atomic E-state index is 13.0. The van der Waals surface area contributed by atoms with E-state index in [-0.39, 0.29) is 23.9 Å². The Kier molecular flexibility index (Phi) is 8.15. The lowest BCUT2D eigenvalue weighted by atomic mass is 10.1. The topological polar surface area (TPSA) is 122 Å². The first-order chi connectivity index (χ1) is 13.8. The number of hydrogen-bond donors (Lipinski definition) is 2. The van der Waals surface area contributed by atoms with E-state index in [0.29, 0.717) is 25.8 Å². The van der Waals surface area contributed by atoms with Crippen LogP contribution in [0.5, 0.6) is 0 Å². The number of ether oxygens (including phenoxy) is 1. The number of amides is 2. The summed E-state index contributed by atoms with van der Waals surface area (Å²) in [5.41, 5.74) is 0.928. The van der Waals surface area contributed by atoms with E-state index >= 15 is 0 Å². The Morgan fingerprint density at radius 2 is 1.79 bits per heavy atom. The number of aryl methyl sites for hydroxylation is 1. The molecule has 1 aromatic carbocycles. The zero-order valence-electron chi connectivity index (χ0n) is 16.6. The molecule has 2 N–H and O–H groups in total. The van der Waals surface area contributed by atoms with Crippen molar-refractivity contribution in [3.63, 3.8) is 0 Å². The Bertz CT molecular complexity index is 838. The minimum atomic E-state index is -3.86. The molecule has 9 nitrogen and oxygen atoms in total. The fourth-order valence-electron chi connectivity index (χ4n) is 3.00. The second-order valence-electron chi connectivity index (χ2n) is 6.78. The molecule has 0 unspecified atom stereocenters. The van der Waals surface area contributed by atoms with Crippen LogP contribution in [0.15, 0.2) is 29.2 Å². The van der Waals surface area contributed by atoms with Crippen LogP contribution in [-0.4, -0.2) is 62.8 Å². The van der Waals surface area contributed by atoms with Crippen LogP contribution < -0.4 is 10.6 Å². The van der Waals surface area contributed by atoms with Crippen molar-refractivity contribution in [2.24, 2.45) is 0 Å². The van der Waals surface area contributed by atoms with Gasteiger partial charge in [0, 0.05) is 13.1 Å². The first-order valence-electron chi connectivity index (χ1n) is 9.54. The number of carbonyl (C=O) groups excluding carboxylic acids is 3. The second-order valence-corrected chi connectivity index (χ2v) is 8.67. The normalized spacial score (nSPS) is 17.4. The van der Waals surface area contributed by atoms with Gasteiger partial charge in [0.25, 0.3) is 5.91 Å². The number of nitrogens with one attached hydrogen (secondary N) is 2. The van der Waals surface area contributed by atoms with Crippen LogP contribution in [0.1, 0.15) is 31.7 Å². The van der Waals surface area contributed by atoms with Gasteiger partial charge in [-0.25, -0.2) is 8.42 Å². The molecular formula is C19H27N3O6S. The average molecular weight is 426 g/mol. The molecule has 1 atom stereocenters. The van der Waals surface area contributed by atoms with Crippen LogP contribution in [0.2, 0.25) is 0 Å². The van der Waals surface area contributed by atoms with Gasteiger partial charge < -0.3 is 15.4 Å². The van der Waals surface area contributed by atoms with E-state index in [1.54, 1.807) is 19.1 Å². The van der Waals surface area contributed by atoms with Crippen LogP contribution in [0.3, 0.4) is 0 Å². The fourth-order valence-corrected chi connectivity index (χ4v) is 4.64. The number of hydrogen-bond acceptors (Lipinski definition) is 6. The third-order valence-electron chi connectivity index (χ3n) is 4.52. The summed E-state index contributed by atoms with van der Waals surface area (Å²) in [4.78, 5) is 35.7. The lowest BCUT2D eigenvalue weighted by molar-refractivity contribution is -0.153. The van der Waals surface area contributed by atoms with Crippen molar-refractivity contribution >= 4 is 27.8 Å². The lowest BCUT2D eigenvalue weighted by Gasteiger charge is -2.33. The Labute approximate surface area is 170 Å². The van der Waals surface area contributed by atoms with Crippen LogP contribution in [0.4, 0.5) is 0 Å². The first kappa shape index (κ1) is 22.8. The number of esters is 1. The van der Waals surface area contributed by atoms with Gasteiger partial charge in [0.15, 0.2) is 6.61 Å². The van der Waals surface area contributed by atoms with Crippen molar-refractivity contribution in [2.75, 3.05) is 26.2 Å². The quantitative estimate of drug-likeness (QED) is 0.579. The minimum absolute atomic E-state index is 0.113. The lowest BCUT2D eigenvalue weighted by Crippen LogP contribution is -2.49. The van der Waals surface area contributed by atoms with Crippen molar-refractivity contribution in [2.45, 2.75) is 44.0 Å². The average Bonchev–Trinajstić information content (AvgIpc) is 2.71. The van der Waals surface area contributed by atoms with Crippen molar-refractivity contribution in [1.29, 1.82) is 0 Å². The van der Waals surface area contributed by atoms with Gasteiger partial charge in [0.2, 0.25) is 15.9 Å². The van der Waals surface area contributed by atoms with Gasteiger partial charge in [-0.3, -0.25) is 14.4 Å². The molecule has 1 aliphatic rings. The number of benzene rings is 1. The standard InChI is InChI=1S/C19H27N3O6S/c1-3-20-17(23)12-21-18(24)13-28-19(25)16-6-4-5-11-22(16)29(26,27)15-9-7-14(2)8-10-15/h7-10,16H,3-6,11-13H2,1-2H3,(H,20,23)(H,21,24)/t16-/m0/s1. The van der Waals surface area contributed by atoms with E-state index in [9.17, 15) is 22.8 Å². The summed E-state index contributed by atoms with van der Waals surface area (Å²) in [7, 11) is -3.86. The summed E-state index contributed by atoms with van der Waals surface area (Å²) in [5.74, 6) is -1.75. The van der Waals surface area contributed by atoms with E-state index in [0.717, 1.165) is 9.87 Å². The van der Waals surface area contributed by atoms with Crippen LogP contribution in [-0.2, 0) is 29.1 Å². The Balaban J connectivity index is 1.99. The number of nitrogens with zero attached hydrogens (tertiary/aromatic N) is 1. The number of piperidine rings is 1. The highest BCUT2D eigenvalue weighted by molar-refractivity contribution is 7.89. The van der Waals surface area contributed by atoms with Gasteiger partial charge in [-0.1, -0.05) is 17.7 Å². The van der Waals surface area contributed by atoms with Crippen molar-refractivity contribution in [3.8, 4) is 0 Å². The maximum atomic E-state index is 13.0. The summed E-state index contributed by atoms with van der Waals surface area (Å²) in [6.07, 6.45) is 1.65. The summed E-state index contributed by atoms with van der Waals surface area (Å²) >= 11 is 0. The fraction of sp³-hybridized carbons (Fsp3) is 0.526. The zero-order chi connectivity index (χ0) is 21.4. The molecule has 1 aromatic rings. The molecule has 1 fully saturated rings. The first-order valence-corrected chi connectivity index (χ1v) is 11.0. The van der Waals surface area contributed by atoms with Crippen LogP contribution in [0.25, 0.3) is 0 Å². The van der Waals surface area contributed by atoms with Gasteiger partial charge in [0.05, 0.1) is 11.4 Å². The summed E-state index contributed by atoms with van der Waals surface area (Å²) in [5, 5.41) is 4.86. The Morgan fingerprint density at radius 3 is 2.45 bits per heavy atom. The predicted octanol–water partition coefficient (Wildman–Crippen LogP) is 0.334. The molecular weight excluding hydrogens is 398 g/mol. The smallest absolute Gasteiger partial charge is 0.324 e. The SMILES string of the molecule is CCNC(=O)CNC(=O)COC(=O)[C@@H]1CCCCN1S(=O)(=O)c1ccc(C)cc1. The number of rotatable bonds is 8. The number of carbonyl (C=O) groups is 3. The zero-order valence-corrected chi connectivity index (χ0v) is 17.5. The third-order valence-corrected chi connectivity index (χ3v) is 6.44. The minimum Gasteiger partial charge on any atom is -0.454 e. The molecule has 2 amide bonds. The molecule has 0 radical (unpaired) electrons. The molecule has 2 rings (SSSR count). The molecule has 160 valence electrons.